The number of nitrogens with one attached hydrogen (secondary N) is 1. The summed E-state index contributed by atoms with van der Waals surface area (Å²) in [5.41, 5.74) is 2.77. The summed E-state index contributed by atoms with van der Waals surface area (Å²) in [5, 5.41) is 24.1. The molecule has 1 amide bonds. The van der Waals surface area contributed by atoms with Gasteiger partial charge in [0.2, 0.25) is 0 Å². The van der Waals surface area contributed by atoms with Crippen LogP contribution in [0.15, 0.2) is 48.9 Å². The largest absolute Gasteiger partial charge is 0.619 e. The number of benzene rings is 1. The first-order chi connectivity index (χ1) is 10.5. The number of amides is 1. The summed E-state index contributed by atoms with van der Waals surface area (Å²) < 4.78 is 0.769. The Morgan fingerprint density at radius 2 is 2.09 bits per heavy atom. The Morgan fingerprint density at radius 3 is 2.86 bits per heavy atom. The third-order valence-electron chi connectivity index (χ3n) is 3.42. The molecule has 22 heavy (non-hydrogen) atoms. The zero-order valence-electron chi connectivity index (χ0n) is 11.8. The number of aromatic nitrogens is 2. The van der Waals surface area contributed by atoms with Crippen LogP contribution in [0.3, 0.4) is 0 Å². The van der Waals surface area contributed by atoms with Gasteiger partial charge in [0.05, 0.1) is 0 Å². The van der Waals surface area contributed by atoms with Crippen molar-refractivity contribution in [1.29, 1.82) is 0 Å². The third kappa shape index (κ3) is 2.67. The molecule has 0 aliphatic heterocycles. The normalized spacial score (nSPS) is 10.6. The van der Waals surface area contributed by atoms with Crippen LogP contribution >= 0.6 is 0 Å². The van der Waals surface area contributed by atoms with Crippen LogP contribution in [0.4, 0.5) is 10.6 Å². The van der Waals surface area contributed by atoms with E-state index in [-0.39, 0.29) is 5.82 Å². The number of nitrogens with zero attached hydrogens (tertiary/aromatic N) is 2. The van der Waals surface area contributed by atoms with Crippen molar-refractivity contribution in [2.24, 2.45) is 0 Å². The van der Waals surface area contributed by atoms with Crippen molar-refractivity contribution < 1.29 is 14.6 Å². The van der Waals surface area contributed by atoms with Gasteiger partial charge in [0.15, 0.2) is 12.4 Å². The molecule has 0 spiro atoms. The maximum absolute atomic E-state index is 11.5. The van der Waals surface area contributed by atoms with Gasteiger partial charge in [0.1, 0.15) is 5.82 Å². The third-order valence-corrected chi connectivity index (χ3v) is 3.42. The lowest BCUT2D eigenvalue weighted by Gasteiger charge is -2.08. The Bertz CT molecular complexity index is 878. The summed E-state index contributed by atoms with van der Waals surface area (Å²) in [6.45, 7) is 1.94. The van der Waals surface area contributed by atoms with Crippen LogP contribution in [0.25, 0.3) is 21.9 Å². The molecule has 0 atom stereocenters. The van der Waals surface area contributed by atoms with Crippen LogP contribution in [-0.4, -0.2) is 16.2 Å². The Hall–Kier alpha value is -3.15. The molecule has 0 fully saturated rings. The van der Waals surface area contributed by atoms with E-state index in [9.17, 15) is 10.0 Å². The van der Waals surface area contributed by atoms with Crippen LogP contribution < -0.4 is 10.0 Å². The molecule has 1 aromatic carbocycles. The van der Waals surface area contributed by atoms with Gasteiger partial charge in [-0.2, -0.15) is 4.73 Å². The highest BCUT2D eigenvalue weighted by molar-refractivity contribution is 5.91. The van der Waals surface area contributed by atoms with Crippen LogP contribution in [0.2, 0.25) is 0 Å². The van der Waals surface area contributed by atoms with Gasteiger partial charge in [-0.3, -0.25) is 5.32 Å². The van der Waals surface area contributed by atoms with Crippen molar-refractivity contribution in [3.63, 3.8) is 0 Å². The maximum Gasteiger partial charge on any atom is 0.410 e. The minimum absolute atomic E-state index is 0.279. The molecule has 0 radical (unpaired) electrons. The smallest absolute Gasteiger partial charge is 0.410 e. The van der Waals surface area contributed by atoms with E-state index in [4.69, 9.17) is 5.11 Å². The van der Waals surface area contributed by atoms with E-state index < -0.39 is 6.09 Å². The quantitative estimate of drug-likeness (QED) is 0.562. The fourth-order valence-corrected chi connectivity index (χ4v) is 2.34. The van der Waals surface area contributed by atoms with Crippen LogP contribution in [0, 0.1) is 12.1 Å². The zero-order valence-corrected chi connectivity index (χ0v) is 11.8. The van der Waals surface area contributed by atoms with Crippen molar-refractivity contribution in [3.05, 3.63) is 59.7 Å². The van der Waals surface area contributed by atoms with E-state index in [1.165, 1.54) is 12.4 Å². The molecule has 0 aliphatic rings. The second-order valence-corrected chi connectivity index (χ2v) is 4.96. The molecule has 6 heteroatoms. The molecule has 0 saturated heterocycles. The van der Waals surface area contributed by atoms with Gasteiger partial charge in [-0.25, -0.2) is 9.78 Å². The topological polar surface area (TPSA) is 89.2 Å². The van der Waals surface area contributed by atoms with Crippen molar-refractivity contribution in [2.75, 3.05) is 5.32 Å². The fraction of sp³-hybridized carbons (Fsp3) is 0.0625. The molecular formula is C16H13N3O3. The van der Waals surface area contributed by atoms with Crippen LogP contribution in [-0.2, 0) is 0 Å². The number of rotatable bonds is 2. The molecule has 2 aromatic heterocycles. The molecule has 3 aromatic rings. The first-order valence-electron chi connectivity index (χ1n) is 6.62. The first kappa shape index (κ1) is 13.8. The monoisotopic (exact) mass is 295 g/mol. The van der Waals surface area contributed by atoms with Gasteiger partial charge in [-0.05, 0) is 35.6 Å². The van der Waals surface area contributed by atoms with Crippen LogP contribution in [0.1, 0.15) is 5.56 Å². The van der Waals surface area contributed by atoms with Crippen molar-refractivity contribution in [1.82, 2.24) is 4.98 Å². The van der Waals surface area contributed by atoms with Crippen molar-refractivity contribution in [2.45, 2.75) is 6.92 Å². The molecule has 6 nitrogen and oxygen atoms in total. The lowest BCUT2D eigenvalue weighted by molar-refractivity contribution is -0.604. The van der Waals surface area contributed by atoms with Gasteiger partial charge in [-0.15, -0.1) is 0 Å². The molecule has 0 bridgehead atoms. The summed E-state index contributed by atoms with van der Waals surface area (Å²) >= 11 is 0. The number of pyridine rings is 2. The predicted molar refractivity (Wildman–Crippen MR) is 82.5 cm³/mol. The molecule has 3 rings (SSSR count). The van der Waals surface area contributed by atoms with Gasteiger partial charge in [0.25, 0.3) is 0 Å². The Labute approximate surface area is 126 Å². The first-order valence-corrected chi connectivity index (χ1v) is 6.62. The van der Waals surface area contributed by atoms with Gasteiger partial charge in [0, 0.05) is 23.2 Å². The lowest BCUT2D eigenvalue weighted by atomic mass is 10.0. The SMILES string of the molecule is Cc1cc[n+]([O-])cc1-c1ccc2cc(NC(=O)O)ncc2c1. The minimum Gasteiger partial charge on any atom is -0.619 e. The number of carbonyl (C=O) groups is 1. The lowest BCUT2D eigenvalue weighted by Crippen LogP contribution is -2.24. The molecular weight excluding hydrogens is 282 g/mol. The predicted octanol–water partition coefficient (Wildman–Crippen LogP) is 2.93. The van der Waals surface area contributed by atoms with E-state index in [1.54, 1.807) is 18.3 Å². The fourth-order valence-electron chi connectivity index (χ4n) is 2.34. The van der Waals surface area contributed by atoms with Gasteiger partial charge in [-0.1, -0.05) is 12.1 Å². The Morgan fingerprint density at radius 1 is 1.27 bits per heavy atom. The van der Waals surface area contributed by atoms with E-state index in [2.05, 4.69) is 10.3 Å². The second-order valence-electron chi connectivity index (χ2n) is 4.96. The minimum atomic E-state index is -1.15. The average Bonchev–Trinajstić information content (AvgIpc) is 2.48. The highest BCUT2D eigenvalue weighted by atomic mass is 16.5. The van der Waals surface area contributed by atoms with Crippen LogP contribution in [0.5, 0.6) is 0 Å². The number of aryl methyl sites for hydroxylation is 1. The molecule has 0 saturated carbocycles. The highest BCUT2D eigenvalue weighted by Crippen LogP contribution is 2.26. The number of hydrogen-bond donors (Lipinski definition) is 2. The summed E-state index contributed by atoms with van der Waals surface area (Å²) in [7, 11) is 0. The van der Waals surface area contributed by atoms with Crippen molar-refractivity contribution in [3.8, 4) is 11.1 Å². The molecule has 110 valence electrons. The standard InChI is InChI=1S/C16H13N3O3/c1-10-4-5-19(22)9-14(10)12-3-2-11-7-15(18-16(20)21)17-8-13(11)6-12/h2-9H,1H3,(H,17,18)(H,20,21). The van der Waals surface area contributed by atoms with E-state index in [0.717, 1.165) is 32.2 Å². The average molecular weight is 295 g/mol. The van der Waals surface area contributed by atoms with Gasteiger partial charge >= 0.3 is 6.09 Å². The Balaban J connectivity index is 2.06. The summed E-state index contributed by atoms with van der Waals surface area (Å²) in [6.07, 6.45) is 3.45. The maximum atomic E-state index is 11.5. The molecule has 0 aliphatic carbocycles. The number of fused-ring (bicyclic) bond motifs is 1. The molecule has 2 N–H and O–H groups in total. The highest BCUT2D eigenvalue weighted by Gasteiger charge is 2.08. The number of carboxylic acid groups (broad SMARTS) is 1. The zero-order chi connectivity index (χ0) is 15.7. The number of anilines is 1. The summed E-state index contributed by atoms with van der Waals surface area (Å²) in [5.74, 6) is 0.279. The van der Waals surface area contributed by atoms with Crippen molar-refractivity contribution >= 4 is 22.7 Å². The molecule has 2 heterocycles. The Kier molecular flexibility index (Phi) is 3.34. The summed E-state index contributed by atoms with van der Waals surface area (Å²) in [4.78, 5) is 14.7. The summed E-state index contributed by atoms with van der Waals surface area (Å²) in [6, 6.07) is 9.13. The van der Waals surface area contributed by atoms with E-state index >= 15 is 0 Å². The number of hydrogen-bond acceptors (Lipinski definition) is 3. The van der Waals surface area contributed by atoms with E-state index in [0.29, 0.717) is 0 Å². The van der Waals surface area contributed by atoms with Gasteiger partial charge < -0.3 is 10.3 Å². The molecule has 0 unspecified atom stereocenters. The second kappa shape index (κ2) is 5.33. The van der Waals surface area contributed by atoms with E-state index in [1.807, 2.05) is 25.1 Å².